The monoisotopic (exact) mass is 276 g/mol. The van der Waals surface area contributed by atoms with E-state index < -0.39 is 18.6 Å². The van der Waals surface area contributed by atoms with E-state index in [-0.39, 0.29) is 22.2 Å². The fraction of sp³-hybridized carbons (Fsp3) is 0.333. The Hall–Kier alpha value is -1.06. The van der Waals surface area contributed by atoms with Crippen LogP contribution in [0.2, 0.25) is 0 Å². The first-order valence-electron chi connectivity index (χ1n) is 4.01. The molecule has 1 N–H and O–H groups in total. The van der Waals surface area contributed by atoms with Crippen molar-refractivity contribution in [3.05, 3.63) is 28.6 Å². The van der Waals surface area contributed by atoms with E-state index in [4.69, 9.17) is 10.4 Å². The van der Waals surface area contributed by atoms with Crippen molar-refractivity contribution in [2.24, 2.45) is 0 Å². The van der Waals surface area contributed by atoms with Crippen LogP contribution in [-0.4, -0.2) is 10.1 Å². The smallest absolute Gasteiger partial charge is 0.266 e. The summed E-state index contributed by atoms with van der Waals surface area (Å²) in [6.45, 7) is -0.474. The Morgan fingerprint density at radius 2 is 2.27 bits per heavy atom. The quantitative estimate of drug-likeness (QED) is 0.862. The van der Waals surface area contributed by atoms with Gasteiger partial charge in [0.15, 0.2) is 0 Å². The largest absolute Gasteiger partial charge is 0.392 e. The summed E-state index contributed by atoms with van der Waals surface area (Å²) < 4.78 is 25.4. The van der Waals surface area contributed by atoms with Gasteiger partial charge in [0, 0.05) is 17.1 Å². The summed E-state index contributed by atoms with van der Waals surface area (Å²) in [6.07, 6.45) is -1.53. The van der Waals surface area contributed by atoms with Crippen molar-refractivity contribution in [1.82, 2.24) is 4.98 Å². The Bertz CT molecular complexity index is 404. The molecule has 0 saturated carbocycles. The van der Waals surface area contributed by atoms with Gasteiger partial charge in [-0.2, -0.15) is 5.26 Å². The van der Waals surface area contributed by atoms with Gasteiger partial charge in [-0.15, -0.1) is 0 Å². The van der Waals surface area contributed by atoms with Gasteiger partial charge in [0.1, 0.15) is 6.07 Å². The van der Waals surface area contributed by atoms with Gasteiger partial charge in [0.2, 0.25) is 0 Å². The molecule has 1 aromatic heterocycles. The predicted molar refractivity (Wildman–Crippen MR) is 52.5 cm³/mol. The Morgan fingerprint density at radius 3 is 2.67 bits per heavy atom. The van der Waals surface area contributed by atoms with Crippen LogP contribution in [0.5, 0.6) is 0 Å². The van der Waals surface area contributed by atoms with E-state index >= 15 is 0 Å². The van der Waals surface area contributed by atoms with Crippen molar-refractivity contribution in [3.63, 3.8) is 0 Å². The second-order valence-electron chi connectivity index (χ2n) is 2.72. The summed E-state index contributed by atoms with van der Waals surface area (Å²) in [5.41, 5.74) is -0.339. The minimum atomic E-state index is -2.77. The topological polar surface area (TPSA) is 56.9 Å². The van der Waals surface area contributed by atoms with Gasteiger partial charge in [-0.1, -0.05) is 15.9 Å². The number of aromatic nitrogens is 1. The van der Waals surface area contributed by atoms with Crippen LogP contribution in [-0.2, 0) is 11.9 Å². The Morgan fingerprint density at radius 1 is 1.60 bits per heavy atom. The molecule has 1 aromatic rings. The number of pyridine rings is 1. The van der Waals surface area contributed by atoms with Crippen molar-refractivity contribution in [2.45, 2.75) is 18.4 Å². The molecule has 0 spiro atoms. The number of hydrogen-bond donors (Lipinski definition) is 1. The molecule has 80 valence electrons. The molecule has 1 heterocycles. The van der Waals surface area contributed by atoms with Gasteiger partial charge in [-0.3, -0.25) is 4.98 Å². The van der Waals surface area contributed by atoms with E-state index in [0.717, 1.165) is 0 Å². The van der Waals surface area contributed by atoms with Gasteiger partial charge in [0.25, 0.3) is 6.43 Å². The second kappa shape index (κ2) is 5.14. The number of halogens is 3. The molecule has 0 aromatic carbocycles. The van der Waals surface area contributed by atoms with Crippen molar-refractivity contribution in [3.8, 4) is 6.07 Å². The van der Waals surface area contributed by atoms with Gasteiger partial charge in [-0.25, -0.2) is 8.78 Å². The van der Waals surface area contributed by atoms with E-state index in [9.17, 15) is 8.78 Å². The van der Waals surface area contributed by atoms with Crippen LogP contribution < -0.4 is 0 Å². The molecular formula is C9H7BrF2N2O. The molecule has 0 aliphatic carbocycles. The summed E-state index contributed by atoms with van der Waals surface area (Å²) in [5.74, 6) is 0. The number of nitriles is 1. The molecule has 0 bridgehead atoms. The molecule has 0 aliphatic rings. The number of aliphatic hydroxyl groups is 1. The molecule has 0 atom stereocenters. The average molecular weight is 277 g/mol. The molecule has 15 heavy (non-hydrogen) atoms. The molecule has 0 radical (unpaired) electrons. The van der Waals surface area contributed by atoms with Crippen LogP contribution in [0.3, 0.4) is 0 Å². The van der Waals surface area contributed by atoms with E-state index in [1.54, 1.807) is 6.07 Å². The van der Waals surface area contributed by atoms with E-state index in [1.165, 1.54) is 6.20 Å². The fourth-order valence-corrected chi connectivity index (χ4v) is 1.65. The first-order chi connectivity index (χ1) is 7.15. The zero-order chi connectivity index (χ0) is 11.4. The lowest BCUT2D eigenvalue weighted by Crippen LogP contribution is -2.04. The second-order valence-corrected chi connectivity index (χ2v) is 3.28. The highest BCUT2D eigenvalue weighted by Crippen LogP contribution is 2.28. The van der Waals surface area contributed by atoms with Crippen LogP contribution in [0.15, 0.2) is 6.20 Å². The van der Waals surface area contributed by atoms with Crippen LogP contribution in [0.25, 0.3) is 0 Å². The third-order valence-electron chi connectivity index (χ3n) is 1.90. The molecule has 6 heteroatoms. The maximum Gasteiger partial charge on any atom is 0.266 e. The molecule has 0 fully saturated rings. The summed E-state index contributed by atoms with van der Waals surface area (Å²) in [6, 6.07) is 1.67. The van der Waals surface area contributed by atoms with E-state index in [1.807, 2.05) is 0 Å². The molecule has 0 saturated heterocycles. The first kappa shape index (κ1) is 12.0. The molecule has 0 aliphatic heterocycles. The summed E-state index contributed by atoms with van der Waals surface area (Å²) >= 11 is 3.02. The normalized spacial score (nSPS) is 10.4. The fourth-order valence-electron chi connectivity index (χ4n) is 1.20. The SMILES string of the molecule is N#Cc1c(CO)cnc(CBr)c1C(F)F. The first-order valence-corrected chi connectivity index (χ1v) is 5.13. The zero-order valence-corrected chi connectivity index (χ0v) is 9.13. The third-order valence-corrected chi connectivity index (χ3v) is 2.44. The lowest BCUT2D eigenvalue weighted by molar-refractivity contribution is 0.149. The van der Waals surface area contributed by atoms with Crippen LogP contribution >= 0.6 is 15.9 Å². The highest BCUT2D eigenvalue weighted by molar-refractivity contribution is 9.08. The summed E-state index contributed by atoms with van der Waals surface area (Å²) in [4.78, 5) is 3.76. The number of hydrogen-bond acceptors (Lipinski definition) is 3. The Balaban J connectivity index is 3.46. The number of alkyl halides is 3. The van der Waals surface area contributed by atoms with Gasteiger partial charge >= 0.3 is 0 Å². The molecule has 1 rings (SSSR count). The number of aliphatic hydroxyl groups excluding tert-OH is 1. The minimum Gasteiger partial charge on any atom is -0.392 e. The number of rotatable bonds is 3. The Labute approximate surface area is 93.5 Å². The summed E-state index contributed by atoms with van der Waals surface area (Å²) in [7, 11) is 0. The predicted octanol–water partition coefficient (Wildman–Crippen LogP) is 2.28. The zero-order valence-electron chi connectivity index (χ0n) is 7.54. The van der Waals surface area contributed by atoms with Gasteiger partial charge in [-0.05, 0) is 0 Å². The lowest BCUT2D eigenvalue weighted by Gasteiger charge is -2.10. The highest BCUT2D eigenvalue weighted by Gasteiger charge is 2.21. The average Bonchev–Trinajstić information content (AvgIpc) is 2.26. The van der Waals surface area contributed by atoms with Gasteiger partial charge < -0.3 is 5.11 Å². The van der Waals surface area contributed by atoms with Crippen LogP contribution in [0, 0.1) is 11.3 Å². The maximum absolute atomic E-state index is 12.7. The van der Waals surface area contributed by atoms with Crippen molar-refractivity contribution in [2.75, 3.05) is 0 Å². The maximum atomic E-state index is 12.7. The summed E-state index contributed by atoms with van der Waals surface area (Å²) in [5, 5.41) is 17.8. The Kier molecular flexibility index (Phi) is 4.12. The third kappa shape index (κ3) is 2.30. The molecule has 3 nitrogen and oxygen atoms in total. The van der Waals surface area contributed by atoms with Crippen LogP contribution in [0.1, 0.15) is 28.8 Å². The van der Waals surface area contributed by atoms with Crippen LogP contribution in [0.4, 0.5) is 8.78 Å². The van der Waals surface area contributed by atoms with Gasteiger partial charge in [0.05, 0.1) is 23.4 Å². The van der Waals surface area contributed by atoms with E-state index in [0.29, 0.717) is 0 Å². The van der Waals surface area contributed by atoms with Crippen molar-refractivity contribution in [1.29, 1.82) is 5.26 Å². The molecule has 0 amide bonds. The van der Waals surface area contributed by atoms with E-state index in [2.05, 4.69) is 20.9 Å². The highest BCUT2D eigenvalue weighted by atomic mass is 79.9. The van der Waals surface area contributed by atoms with Crippen molar-refractivity contribution < 1.29 is 13.9 Å². The standard InChI is InChI=1S/C9H7BrF2N2O/c10-1-7-8(9(11)12)6(2-13)5(4-15)3-14-7/h3,9,15H,1,4H2. The minimum absolute atomic E-state index is 0.123. The molecular weight excluding hydrogens is 270 g/mol. The number of nitrogens with zero attached hydrogens (tertiary/aromatic N) is 2. The van der Waals surface area contributed by atoms with Crippen molar-refractivity contribution >= 4 is 15.9 Å². The lowest BCUT2D eigenvalue weighted by atomic mass is 10.0. The molecule has 0 unspecified atom stereocenters.